The summed E-state index contributed by atoms with van der Waals surface area (Å²) < 4.78 is 17.9. The summed E-state index contributed by atoms with van der Waals surface area (Å²) in [5.74, 6) is -2.34. The van der Waals surface area contributed by atoms with Crippen LogP contribution < -0.4 is 0 Å². The molecule has 0 amide bonds. The van der Waals surface area contributed by atoms with E-state index < -0.39 is 76.4 Å². The summed E-state index contributed by atoms with van der Waals surface area (Å²) in [5, 5.41) is 68.8. The summed E-state index contributed by atoms with van der Waals surface area (Å²) in [7, 11) is 6.72. The molecular weight excluding hydrogens is 434 g/mol. The van der Waals surface area contributed by atoms with Crippen molar-refractivity contribution in [2.24, 2.45) is 34.5 Å². The minimum Gasteiger partial charge on any atom is -0.392 e. The number of aliphatic hydroxyl groups is 6. The molecule has 7 bridgehead atoms. The first-order chi connectivity index (χ1) is 15.5. The molecule has 1 heterocycles. The van der Waals surface area contributed by atoms with E-state index in [4.69, 9.17) is 14.2 Å². The monoisotopic (exact) mass is 471 g/mol. The number of fused-ring (bicyclic) bond motifs is 2. The predicted octanol–water partition coefficient (Wildman–Crippen LogP) is -2.83. The van der Waals surface area contributed by atoms with Crippen molar-refractivity contribution in [1.82, 2.24) is 4.90 Å². The Balaban J connectivity index is 1.68. The minimum absolute atomic E-state index is 0.0163. The summed E-state index contributed by atoms with van der Waals surface area (Å²) in [6.45, 7) is 0.777. The van der Waals surface area contributed by atoms with Gasteiger partial charge in [0, 0.05) is 68.9 Å². The third-order valence-corrected chi connectivity index (χ3v) is 11.2. The molecule has 0 aromatic carbocycles. The Morgan fingerprint density at radius 2 is 1.64 bits per heavy atom. The molecule has 10 heteroatoms. The smallest absolute Gasteiger partial charge is 0.120 e. The highest BCUT2D eigenvalue weighted by atomic mass is 16.5. The van der Waals surface area contributed by atoms with Gasteiger partial charge in [-0.05, 0) is 19.4 Å². The highest BCUT2D eigenvalue weighted by molar-refractivity contribution is 5.39. The van der Waals surface area contributed by atoms with E-state index in [1.807, 2.05) is 7.05 Å². The Labute approximate surface area is 193 Å². The number of aliphatic hydroxyl groups excluding tert-OH is 4. The second-order valence-electron chi connectivity index (χ2n) is 11.8. The molecule has 15 atom stereocenters. The van der Waals surface area contributed by atoms with Gasteiger partial charge in [0.2, 0.25) is 0 Å². The van der Waals surface area contributed by atoms with E-state index in [0.29, 0.717) is 13.0 Å². The Morgan fingerprint density at radius 1 is 0.939 bits per heavy atom. The van der Waals surface area contributed by atoms with Crippen molar-refractivity contribution in [3.8, 4) is 0 Å². The maximum absolute atomic E-state index is 12.3. The van der Waals surface area contributed by atoms with Crippen molar-refractivity contribution in [1.29, 1.82) is 0 Å². The summed E-state index contributed by atoms with van der Waals surface area (Å²) >= 11 is 0. The van der Waals surface area contributed by atoms with E-state index in [1.54, 1.807) is 21.3 Å². The summed E-state index contributed by atoms with van der Waals surface area (Å²) in [4.78, 5) is 2.11. The topological polar surface area (TPSA) is 152 Å². The van der Waals surface area contributed by atoms with Crippen LogP contribution >= 0.6 is 0 Å². The lowest BCUT2D eigenvalue weighted by Gasteiger charge is -2.69. The largest absolute Gasteiger partial charge is 0.392 e. The molecule has 0 radical (unpaired) electrons. The van der Waals surface area contributed by atoms with Crippen LogP contribution in [0.2, 0.25) is 0 Å². The quantitative estimate of drug-likeness (QED) is 0.253. The van der Waals surface area contributed by atoms with Gasteiger partial charge in [-0.15, -0.1) is 0 Å². The number of likely N-dealkylation sites (tertiary alicyclic amines) is 1. The molecule has 0 aromatic heterocycles. The molecule has 0 aromatic rings. The van der Waals surface area contributed by atoms with Crippen LogP contribution in [-0.2, 0) is 14.2 Å². The van der Waals surface area contributed by atoms with E-state index >= 15 is 0 Å². The summed E-state index contributed by atoms with van der Waals surface area (Å²) in [6.07, 6.45) is -6.17. The van der Waals surface area contributed by atoms with Gasteiger partial charge in [0.25, 0.3) is 0 Å². The van der Waals surface area contributed by atoms with Crippen LogP contribution in [0, 0.1) is 34.5 Å². The molecule has 5 aliphatic carbocycles. The Kier molecular flexibility index (Phi) is 4.65. The SMILES string of the molecule is COC[C@]12CN(C)[C@@H]3[C@@H]4[C@H](OC)[C@H]1[C@@]3([C@@H](OC)C[C@H]2O)[C@@H]1C[C@@]2(O)[C@H](O)[C@@H]1[C@]4(O)[C@@H](O)[C@@H]2O. The highest BCUT2D eigenvalue weighted by Crippen LogP contribution is 2.79. The van der Waals surface area contributed by atoms with Crippen LogP contribution in [0.5, 0.6) is 0 Å². The molecule has 5 saturated carbocycles. The first-order valence-electron chi connectivity index (χ1n) is 11.9. The fourth-order valence-electron chi connectivity index (χ4n) is 10.6. The lowest BCUT2D eigenvalue weighted by molar-refractivity contribution is -0.317. The zero-order valence-corrected chi connectivity index (χ0v) is 19.5. The van der Waals surface area contributed by atoms with Crippen molar-refractivity contribution < 1.29 is 44.8 Å². The Morgan fingerprint density at radius 3 is 2.24 bits per heavy atom. The van der Waals surface area contributed by atoms with Crippen molar-refractivity contribution in [2.75, 3.05) is 41.5 Å². The van der Waals surface area contributed by atoms with Crippen LogP contribution in [0.4, 0.5) is 0 Å². The number of hydrogen-bond donors (Lipinski definition) is 6. The molecule has 10 nitrogen and oxygen atoms in total. The first kappa shape index (κ1) is 23.0. The van der Waals surface area contributed by atoms with Crippen LogP contribution in [0.1, 0.15) is 12.8 Å². The van der Waals surface area contributed by atoms with E-state index in [9.17, 15) is 30.6 Å². The molecule has 1 spiro atoms. The van der Waals surface area contributed by atoms with Gasteiger partial charge < -0.3 is 49.7 Å². The molecule has 1 aliphatic heterocycles. The van der Waals surface area contributed by atoms with Gasteiger partial charge in [-0.3, -0.25) is 0 Å². The normalized spacial score (nSPS) is 65.5. The van der Waals surface area contributed by atoms with Crippen LogP contribution in [0.3, 0.4) is 0 Å². The average Bonchev–Trinajstić information content (AvgIpc) is 3.16. The second-order valence-corrected chi connectivity index (χ2v) is 11.8. The molecule has 6 fully saturated rings. The lowest BCUT2D eigenvalue weighted by Crippen LogP contribution is -2.80. The minimum atomic E-state index is -1.94. The molecule has 0 unspecified atom stereocenters. The van der Waals surface area contributed by atoms with Crippen LogP contribution in [0.25, 0.3) is 0 Å². The standard InChI is InChI=1S/C23H37NO9/c1-24-7-20(8-31-2)10(25)5-11(32-3)22-9-6-21(29)17(26)12(9)23(30,19(28)18(21)27)13(16(22)24)14(33-4)15(20)22/h9-19,25-30H,5-8H2,1-4H3/t9-,10-,11+,12-,13+,14+,15-,16-,17-,18+,19+,20+,21-,22+,23-/m1/s1. The van der Waals surface area contributed by atoms with Crippen molar-refractivity contribution in [3.05, 3.63) is 0 Å². The Hall–Kier alpha value is -0.400. The molecule has 6 aliphatic rings. The highest BCUT2D eigenvalue weighted by Gasteiger charge is 2.90. The molecule has 1 saturated heterocycles. The summed E-state index contributed by atoms with van der Waals surface area (Å²) in [6, 6.07) is -0.310. The van der Waals surface area contributed by atoms with Crippen molar-refractivity contribution >= 4 is 0 Å². The third-order valence-electron chi connectivity index (χ3n) is 11.2. The maximum atomic E-state index is 12.3. The van der Waals surface area contributed by atoms with Gasteiger partial charge in [0.05, 0.1) is 31.0 Å². The Bertz CT molecular complexity index is 847. The maximum Gasteiger partial charge on any atom is 0.120 e. The molecule has 33 heavy (non-hydrogen) atoms. The molecule has 188 valence electrons. The molecule has 6 N–H and O–H groups in total. The van der Waals surface area contributed by atoms with Crippen LogP contribution in [0.15, 0.2) is 0 Å². The number of rotatable bonds is 4. The number of hydrogen-bond acceptors (Lipinski definition) is 10. The van der Waals surface area contributed by atoms with Gasteiger partial charge in [0.15, 0.2) is 0 Å². The van der Waals surface area contributed by atoms with Gasteiger partial charge in [-0.2, -0.15) is 0 Å². The average molecular weight is 472 g/mol. The van der Waals surface area contributed by atoms with Crippen LogP contribution in [-0.4, -0.2) is 131 Å². The predicted molar refractivity (Wildman–Crippen MR) is 112 cm³/mol. The van der Waals surface area contributed by atoms with Crippen molar-refractivity contribution in [2.45, 2.75) is 66.7 Å². The zero-order chi connectivity index (χ0) is 23.9. The summed E-state index contributed by atoms with van der Waals surface area (Å²) in [5.41, 5.74) is -5.25. The zero-order valence-electron chi connectivity index (χ0n) is 19.5. The van der Waals surface area contributed by atoms with E-state index in [1.165, 1.54) is 0 Å². The van der Waals surface area contributed by atoms with Gasteiger partial charge in [-0.25, -0.2) is 0 Å². The first-order valence-corrected chi connectivity index (χ1v) is 11.9. The van der Waals surface area contributed by atoms with E-state index in [2.05, 4.69) is 4.90 Å². The number of piperidine rings is 1. The van der Waals surface area contributed by atoms with Gasteiger partial charge in [0.1, 0.15) is 23.4 Å². The van der Waals surface area contributed by atoms with E-state index in [0.717, 1.165) is 0 Å². The fourth-order valence-corrected chi connectivity index (χ4v) is 10.6. The number of ether oxygens (including phenoxy) is 3. The number of methoxy groups -OCH3 is 3. The third kappa shape index (κ3) is 2.07. The lowest BCUT2D eigenvalue weighted by atomic mass is 9.42. The molecular formula is C23H37NO9. The number of nitrogens with zero attached hydrogens (tertiary/aromatic N) is 1. The second kappa shape index (κ2) is 6.67. The van der Waals surface area contributed by atoms with Gasteiger partial charge in [-0.1, -0.05) is 0 Å². The van der Waals surface area contributed by atoms with Gasteiger partial charge >= 0.3 is 0 Å². The fraction of sp³-hybridized carbons (Fsp3) is 1.00. The molecule has 6 rings (SSSR count). The van der Waals surface area contributed by atoms with E-state index in [-0.39, 0.29) is 25.0 Å². The van der Waals surface area contributed by atoms with Crippen molar-refractivity contribution in [3.63, 3.8) is 0 Å².